The number of hydrogen-bond acceptors (Lipinski definition) is 4. The minimum Gasteiger partial charge on any atom is -0.497 e. The molecule has 7 heteroatoms. The highest BCUT2D eigenvalue weighted by Gasteiger charge is 2.09. The average Bonchev–Trinajstić information content (AvgIpc) is 2.80. The summed E-state index contributed by atoms with van der Waals surface area (Å²) in [7, 11) is 1.64. The van der Waals surface area contributed by atoms with Crippen molar-refractivity contribution in [1.82, 2.24) is 16.0 Å². The number of ether oxygens (including phenoxy) is 2. The SMILES string of the molecule is CCNC(=NCc1cccc(C(=O)NC(C)CC)c1)NCCOc1ccc(OC)cc1. The molecule has 2 rings (SSSR count). The Morgan fingerprint density at radius 1 is 1.06 bits per heavy atom. The van der Waals surface area contributed by atoms with E-state index in [-0.39, 0.29) is 11.9 Å². The van der Waals surface area contributed by atoms with E-state index in [0.29, 0.717) is 31.2 Å². The minimum absolute atomic E-state index is 0.0547. The molecule has 0 spiro atoms. The van der Waals surface area contributed by atoms with Crippen LogP contribution in [0.1, 0.15) is 43.1 Å². The van der Waals surface area contributed by atoms with Crippen molar-refractivity contribution in [3.05, 3.63) is 59.7 Å². The van der Waals surface area contributed by atoms with Crippen LogP contribution >= 0.6 is 0 Å². The predicted molar refractivity (Wildman–Crippen MR) is 125 cm³/mol. The van der Waals surface area contributed by atoms with Crippen LogP contribution in [0, 0.1) is 0 Å². The molecule has 0 aliphatic carbocycles. The number of nitrogens with zero attached hydrogens (tertiary/aromatic N) is 1. The second-order valence-corrected chi connectivity index (χ2v) is 7.13. The highest BCUT2D eigenvalue weighted by atomic mass is 16.5. The Morgan fingerprint density at radius 3 is 2.48 bits per heavy atom. The first-order chi connectivity index (χ1) is 15.0. The van der Waals surface area contributed by atoms with Crippen LogP contribution in [0.25, 0.3) is 0 Å². The van der Waals surface area contributed by atoms with Crippen molar-refractivity contribution in [3.63, 3.8) is 0 Å². The fourth-order valence-corrected chi connectivity index (χ4v) is 2.74. The van der Waals surface area contributed by atoms with Gasteiger partial charge in [-0.25, -0.2) is 4.99 Å². The van der Waals surface area contributed by atoms with Crippen molar-refractivity contribution >= 4 is 11.9 Å². The number of nitrogens with one attached hydrogen (secondary N) is 3. The van der Waals surface area contributed by atoms with Gasteiger partial charge in [0.1, 0.15) is 18.1 Å². The lowest BCUT2D eigenvalue weighted by molar-refractivity contribution is 0.0939. The number of aliphatic imine (C=N–C) groups is 1. The first-order valence-electron chi connectivity index (χ1n) is 10.7. The van der Waals surface area contributed by atoms with Gasteiger partial charge in [-0.05, 0) is 62.2 Å². The quantitative estimate of drug-likeness (QED) is 0.292. The van der Waals surface area contributed by atoms with Crippen LogP contribution < -0.4 is 25.4 Å². The third kappa shape index (κ3) is 8.58. The molecule has 0 heterocycles. The summed E-state index contributed by atoms with van der Waals surface area (Å²) in [5, 5.41) is 9.48. The van der Waals surface area contributed by atoms with Crippen LogP contribution in [0.3, 0.4) is 0 Å². The standard InChI is InChI=1S/C24H34N4O3/c1-5-18(3)28-23(29)20-9-7-8-19(16-20)17-27-24(25-6-2)26-14-15-31-22-12-10-21(30-4)11-13-22/h7-13,16,18H,5-6,14-15,17H2,1-4H3,(H,28,29)(H2,25,26,27). The molecule has 0 saturated heterocycles. The Morgan fingerprint density at radius 2 is 1.81 bits per heavy atom. The first-order valence-corrected chi connectivity index (χ1v) is 10.7. The maximum absolute atomic E-state index is 12.3. The summed E-state index contributed by atoms with van der Waals surface area (Å²) < 4.78 is 10.9. The number of rotatable bonds is 11. The molecule has 0 fully saturated rings. The highest BCUT2D eigenvalue weighted by molar-refractivity contribution is 5.94. The van der Waals surface area contributed by atoms with Gasteiger partial charge in [-0.3, -0.25) is 4.79 Å². The van der Waals surface area contributed by atoms with Gasteiger partial charge in [0, 0.05) is 18.2 Å². The number of hydrogen-bond donors (Lipinski definition) is 3. The van der Waals surface area contributed by atoms with E-state index in [1.54, 1.807) is 7.11 Å². The molecule has 0 aliphatic rings. The van der Waals surface area contributed by atoms with E-state index in [2.05, 4.69) is 20.9 Å². The molecule has 2 aromatic carbocycles. The van der Waals surface area contributed by atoms with Gasteiger partial charge in [0.05, 0.1) is 20.2 Å². The minimum atomic E-state index is -0.0547. The van der Waals surface area contributed by atoms with E-state index in [0.717, 1.165) is 30.0 Å². The number of methoxy groups -OCH3 is 1. The molecule has 0 radical (unpaired) electrons. The molecule has 0 aliphatic heterocycles. The molecular weight excluding hydrogens is 392 g/mol. The highest BCUT2D eigenvalue weighted by Crippen LogP contribution is 2.16. The fraction of sp³-hybridized carbons (Fsp3) is 0.417. The van der Waals surface area contributed by atoms with Gasteiger partial charge in [-0.2, -0.15) is 0 Å². The number of carbonyl (C=O) groups excluding carboxylic acids is 1. The van der Waals surface area contributed by atoms with Crippen LogP contribution in [0.2, 0.25) is 0 Å². The summed E-state index contributed by atoms with van der Waals surface area (Å²) >= 11 is 0. The van der Waals surface area contributed by atoms with Crippen LogP contribution in [0.4, 0.5) is 0 Å². The van der Waals surface area contributed by atoms with Crippen LogP contribution in [-0.4, -0.2) is 44.7 Å². The molecule has 1 unspecified atom stereocenters. The molecule has 168 valence electrons. The monoisotopic (exact) mass is 426 g/mol. The lowest BCUT2D eigenvalue weighted by atomic mass is 10.1. The van der Waals surface area contributed by atoms with E-state index >= 15 is 0 Å². The average molecular weight is 427 g/mol. The number of amides is 1. The Labute approximate surface area is 185 Å². The topological polar surface area (TPSA) is 84.0 Å². The summed E-state index contributed by atoms with van der Waals surface area (Å²) in [5.41, 5.74) is 1.63. The summed E-state index contributed by atoms with van der Waals surface area (Å²) in [6.07, 6.45) is 0.898. The van der Waals surface area contributed by atoms with Crippen LogP contribution in [-0.2, 0) is 6.54 Å². The van der Waals surface area contributed by atoms with E-state index < -0.39 is 0 Å². The Balaban J connectivity index is 1.87. The smallest absolute Gasteiger partial charge is 0.251 e. The second kappa shape index (κ2) is 13.2. The fourth-order valence-electron chi connectivity index (χ4n) is 2.74. The van der Waals surface area contributed by atoms with Crippen LogP contribution in [0.15, 0.2) is 53.5 Å². The summed E-state index contributed by atoms with van der Waals surface area (Å²) in [4.78, 5) is 17.0. The summed E-state index contributed by atoms with van der Waals surface area (Å²) in [5.74, 6) is 2.24. The zero-order chi connectivity index (χ0) is 22.5. The molecule has 3 N–H and O–H groups in total. The van der Waals surface area contributed by atoms with Crippen LogP contribution in [0.5, 0.6) is 11.5 Å². The summed E-state index contributed by atoms with van der Waals surface area (Å²) in [6, 6.07) is 15.2. The number of benzene rings is 2. The van der Waals surface area contributed by atoms with Crippen molar-refractivity contribution in [2.24, 2.45) is 4.99 Å². The lowest BCUT2D eigenvalue weighted by Crippen LogP contribution is -2.39. The Hall–Kier alpha value is -3.22. The second-order valence-electron chi connectivity index (χ2n) is 7.13. The molecule has 31 heavy (non-hydrogen) atoms. The third-order valence-electron chi connectivity index (χ3n) is 4.67. The maximum atomic E-state index is 12.3. The lowest BCUT2D eigenvalue weighted by Gasteiger charge is -2.13. The van der Waals surface area contributed by atoms with E-state index in [1.807, 2.05) is 69.3 Å². The molecule has 0 aromatic heterocycles. The zero-order valence-corrected chi connectivity index (χ0v) is 18.9. The van der Waals surface area contributed by atoms with E-state index in [9.17, 15) is 4.79 Å². The first kappa shape index (κ1) is 24.1. The van der Waals surface area contributed by atoms with E-state index in [1.165, 1.54) is 0 Å². The van der Waals surface area contributed by atoms with Gasteiger partial charge in [-0.1, -0.05) is 19.1 Å². The molecule has 2 aromatic rings. The maximum Gasteiger partial charge on any atom is 0.251 e. The van der Waals surface area contributed by atoms with Crippen molar-refractivity contribution in [2.45, 2.75) is 39.8 Å². The van der Waals surface area contributed by atoms with Gasteiger partial charge in [-0.15, -0.1) is 0 Å². The predicted octanol–water partition coefficient (Wildman–Crippen LogP) is 3.36. The van der Waals surface area contributed by atoms with Crippen molar-refractivity contribution in [2.75, 3.05) is 26.8 Å². The molecule has 1 amide bonds. The summed E-state index contributed by atoms with van der Waals surface area (Å²) in [6.45, 7) is 8.40. The van der Waals surface area contributed by atoms with Crippen molar-refractivity contribution in [1.29, 1.82) is 0 Å². The third-order valence-corrected chi connectivity index (χ3v) is 4.67. The van der Waals surface area contributed by atoms with Gasteiger partial charge in [0.15, 0.2) is 5.96 Å². The Bertz CT molecular complexity index is 837. The largest absolute Gasteiger partial charge is 0.497 e. The Kier molecular flexibility index (Phi) is 10.2. The van der Waals surface area contributed by atoms with Gasteiger partial charge in [0.2, 0.25) is 0 Å². The zero-order valence-electron chi connectivity index (χ0n) is 18.9. The molecule has 0 saturated carbocycles. The van der Waals surface area contributed by atoms with Gasteiger partial charge in [0.25, 0.3) is 5.91 Å². The van der Waals surface area contributed by atoms with E-state index in [4.69, 9.17) is 9.47 Å². The van der Waals surface area contributed by atoms with Gasteiger partial charge < -0.3 is 25.4 Å². The number of carbonyl (C=O) groups is 1. The normalized spacial score (nSPS) is 12.1. The molecule has 7 nitrogen and oxygen atoms in total. The van der Waals surface area contributed by atoms with Gasteiger partial charge >= 0.3 is 0 Å². The molecular formula is C24H34N4O3. The van der Waals surface area contributed by atoms with Crippen molar-refractivity contribution < 1.29 is 14.3 Å². The molecule has 1 atom stereocenters. The van der Waals surface area contributed by atoms with Crippen molar-refractivity contribution in [3.8, 4) is 11.5 Å². The number of guanidine groups is 1. The molecule has 0 bridgehead atoms.